The van der Waals surface area contributed by atoms with Crippen LogP contribution in [-0.4, -0.2) is 28.5 Å². The highest BCUT2D eigenvalue weighted by molar-refractivity contribution is 8.15. The summed E-state index contributed by atoms with van der Waals surface area (Å²) in [7, 11) is 0. The molecule has 1 saturated heterocycles. The van der Waals surface area contributed by atoms with Crippen molar-refractivity contribution >= 4 is 46.6 Å². The second kappa shape index (κ2) is 7.54. The summed E-state index contributed by atoms with van der Waals surface area (Å²) in [5, 5.41) is 20.8. The molecule has 1 aromatic carbocycles. The number of halogens is 1. The van der Waals surface area contributed by atoms with Gasteiger partial charge in [0, 0.05) is 23.0 Å². The fourth-order valence-corrected chi connectivity index (χ4v) is 3.19. The summed E-state index contributed by atoms with van der Waals surface area (Å²) in [6.07, 6.45) is 1.01. The Morgan fingerprint density at radius 1 is 1.40 bits per heavy atom. The van der Waals surface area contributed by atoms with Gasteiger partial charge in [0.1, 0.15) is 11.5 Å². The standard InChI is InChI=1S/C16H12ClN3O4S/c17-10-3-1-2-9(6-10)12-5-4-11(24-12)8-18-20-16-19-15(23)13(25-16)7-14(21)22/h1-6,8,13H,7H2,(H,21,22)(H,19,20,23)/p-1/b18-8-/t13-/m0/s1. The van der Waals surface area contributed by atoms with Crippen molar-refractivity contribution < 1.29 is 19.1 Å². The molecule has 0 bridgehead atoms. The molecule has 1 aliphatic rings. The summed E-state index contributed by atoms with van der Waals surface area (Å²) in [6.45, 7) is 0. The van der Waals surface area contributed by atoms with E-state index in [1.807, 2.05) is 12.1 Å². The van der Waals surface area contributed by atoms with Gasteiger partial charge in [-0.2, -0.15) is 5.10 Å². The number of furan rings is 1. The quantitative estimate of drug-likeness (QED) is 0.630. The van der Waals surface area contributed by atoms with E-state index >= 15 is 0 Å². The maximum atomic E-state index is 11.6. The molecule has 9 heteroatoms. The number of carbonyl (C=O) groups is 2. The number of nitrogens with one attached hydrogen (secondary N) is 1. The molecule has 2 aromatic rings. The molecule has 0 aliphatic carbocycles. The molecule has 3 rings (SSSR count). The number of hydrogen-bond donors (Lipinski definition) is 1. The number of benzene rings is 1. The number of thioether (sulfide) groups is 1. The van der Waals surface area contributed by atoms with Crippen LogP contribution < -0.4 is 10.4 Å². The lowest BCUT2D eigenvalue weighted by Gasteiger charge is -2.04. The van der Waals surface area contributed by atoms with Crippen LogP contribution in [-0.2, 0) is 9.59 Å². The first-order valence-corrected chi connectivity index (χ1v) is 8.41. The lowest BCUT2D eigenvalue weighted by Crippen LogP contribution is -2.31. The van der Waals surface area contributed by atoms with Crippen molar-refractivity contribution in [1.82, 2.24) is 5.32 Å². The topological polar surface area (TPSA) is 107 Å². The maximum Gasteiger partial charge on any atom is 0.239 e. The summed E-state index contributed by atoms with van der Waals surface area (Å²) in [5.74, 6) is -0.611. The highest BCUT2D eigenvalue weighted by Crippen LogP contribution is 2.24. The number of carbonyl (C=O) groups excluding carboxylic acids is 2. The van der Waals surface area contributed by atoms with E-state index in [1.165, 1.54) is 6.21 Å². The Morgan fingerprint density at radius 3 is 3.00 bits per heavy atom. The van der Waals surface area contributed by atoms with Crippen molar-refractivity contribution in [1.29, 1.82) is 0 Å². The fraction of sp³-hybridized carbons (Fsp3) is 0.125. The Hall–Kier alpha value is -2.58. The first kappa shape index (κ1) is 17.2. The Bertz CT molecular complexity index is 878. The maximum absolute atomic E-state index is 11.6. The third kappa shape index (κ3) is 4.49. The largest absolute Gasteiger partial charge is 0.550 e. The van der Waals surface area contributed by atoms with Gasteiger partial charge in [-0.05, 0) is 24.3 Å². The zero-order valence-corrected chi connectivity index (χ0v) is 14.2. The first-order valence-electron chi connectivity index (χ1n) is 7.15. The number of rotatable bonds is 5. The van der Waals surface area contributed by atoms with E-state index < -0.39 is 17.1 Å². The molecule has 1 aliphatic heterocycles. The van der Waals surface area contributed by atoms with E-state index in [2.05, 4.69) is 15.5 Å². The summed E-state index contributed by atoms with van der Waals surface area (Å²) in [4.78, 5) is 22.1. The summed E-state index contributed by atoms with van der Waals surface area (Å²) in [5.41, 5.74) is 0.835. The lowest BCUT2D eigenvalue weighted by molar-refractivity contribution is -0.305. The number of nitrogens with zero attached hydrogens (tertiary/aromatic N) is 2. The van der Waals surface area contributed by atoms with E-state index in [-0.39, 0.29) is 11.6 Å². The minimum absolute atomic E-state index is 0.231. The summed E-state index contributed by atoms with van der Waals surface area (Å²) >= 11 is 6.95. The van der Waals surface area contributed by atoms with E-state index in [9.17, 15) is 14.7 Å². The van der Waals surface area contributed by atoms with Gasteiger partial charge in [0.15, 0.2) is 5.17 Å². The van der Waals surface area contributed by atoms with Gasteiger partial charge in [-0.25, -0.2) is 0 Å². The van der Waals surface area contributed by atoms with E-state index in [0.717, 1.165) is 17.3 Å². The van der Waals surface area contributed by atoms with Crippen LogP contribution in [0.2, 0.25) is 5.02 Å². The highest BCUT2D eigenvalue weighted by Gasteiger charge is 2.30. The predicted molar refractivity (Wildman–Crippen MR) is 93.3 cm³/mol. The molecule has 0 unspecified atom stereocenters. The van der Waals surface area contributed by atoms with Crippen LogP contribution in [0.1, 0.15) is 12.2 Å². The third-order valence-electron chi connectivity index (χ3n) is 3.20. The second-order valence-corrected chi connectivity index (χ2v) is 6.66. The van der Waals surface area contributed by atoms with Gasteiger partial charge >= 0.3 is 0 Å². The summed E-state index contributed by atoms with van der Waals surface area (Å²) < 4.78 is 5.63. The SMILES string of the molecule is O=C([O-])C[C@@H]1S/C(=N\N=C/c2ccc(-c3cccc(Cl)c3)o2)NC1=O. The van der Waals surface area contributed by atoms with Crippen molar-refractivity contribution in [2.75, 3.05) is 0 Å². The smallest absolute Gasteiger partial charge is 0.239 e. The third-order valence-corrected chi connectivity index (χ3v) is 4.51. The van der Waals surface area contributed by atoms with Gasteiger partial charge in [0.2, 0.25) is 5.91 Å². The van der Waals surface area contributed by atoms with Crippen molar-refractivity contribution in [3.8, 4) is 11.3 Å². The molecule has 0 radical (unpaired) electrons. The van der Waals surface area contributed by atoms with Gasteiger partial charge in [0.05, 0.1) is 11.5 Å². The van der Waals surface area contributed by atoms with Gasteiger partial charge in [-0.15, -0.1) is 5.10 Å². The molecular formula is C16H11ClN3O4S-. The molecule has 25 heavy (non-hydrogen) atoms. The number of carboxylic acids is 1. The van der Waals surface area contributed by atoms with Crippen molar-refractivity contribution in [2.24, 2.45) is 10.2 Å². The molecule has 7 nitrogen and oxygen atoms in total. The van der Waals surface area contributed by atoms with E-state index in [1.54, 1.807) is 24.3 Å². The molecule has 1 aromatic heterocycles. The molecule has 128 valence electrons. The van der Waals surface area contributed by atoms with Crippen LogP contribution in [0, 0.1) is 0 Å². The number of aliphatic carboxylic acids is 1. The number of amidine groups is 1. The Labute approximate surface area is 151 Å². The van der Waals surface area contributed by atoms with Crippen LogP contribution in [0.3, 0.4) is 0 Å². The molecule has 1 atom stereocenters. The second-order valence-electron chi connectivity index (χ2n) is 5.03. The highest BCUT2D eigenvalue weighted by atomic mass is 35.5. The van der Waals surface area contributed by atoms with Gasteiger partial charge < -0.3 is 19.6 Å². The molecule has 0 saturated carbocycles. The van der Waals surface area contributed by atoms with Crippen LogP contribution in [0.15, 0.2) is 51.0 Å². The Morgan fingerprint density at radius 2 is 2.24 bits per heavy atom. The molecular weight excluding hydrogens is 366 g/mol. The number of carboxylic acid groups (broad SMARTS) is 1. The molecule has 2 heterocycles. The molecule has 0 spiro atoms. The Kier molecular flexibility index (Phi) is 5.20. The van der Waals surface area contributed by atoms with Crippen LogP contribution in [0.4, 0.5) is 0 Å². The van der Waals surface area contributed by atoms with Gasteiger partial charge in [-0.3, -0.25) is 4.79 Å². The Balaban J connectivity index is 1.65. The lowest BCUT2D eigenvalue weighted by atomic mass is 10.2. The van der Waals surface area contributed by atoms with Crippen LogP contribution in [0.25, 0.3) is 11.3 Å². The monoisotopic (exact) mass is 376 g/mol. The van der Waals surface area contributed by atoms with Crippen molar-refractivity contribution in [3.05, 3.63) is 47.2 Å². The number of amides is 1. The van der Waals surface area contributed by atoms with Crippen molar-refractivity contribution in [2.45, 2.75) is 11.7 Å². The zero-order valence-electron chi connectivity index (χ0n) is 12.6. The molecule has 1 fully saturated rings. The van der Waals surface area contributed by atoms with E-state index in [4.69, 9.17) is 16.0 Å². The van der Waals surface area contributed by atoms with Crippen molar-refractivity contribution in [3.63, 3.8) is 0 Å². The van der Waals surface area contributed by atoms with Gasteiger partial charge in [-0.1, -0.05) is 35.5 Å². The van der Waals surface area contributed by atoms with Crippen LogP contribution >= 0.6 is 23.4 Å². The first-order chi connectivity index (χ1) is 12.0. The fourth-order valence-electron chi connectivity index (χ4n) is 2.10. The van der Waals surface area contributed by atoms with E-state index in [0.29, 0.717) is 16.5 Å². The predicted octanol–water partition coefficient (Wildman–Crippen LogP) is 1.66. The average molecular weight is 377 g/mol. The minimum Gasteiger partial charge on any atom is -0.550 e. The normalized spacial score (nSPS) is 18.8. The average Bonchev–Trinajstić information content (AvgIpc) is 3.15. The minimum atomic E-state index is -1.29. The van der Waals surface area contributed by atoms with Crippen LogP contribution in [0.5, 0.6) is 0 Å². The van der Waals surface area contributed by atoms with Gasteiger partial charge in [0.25, 0.3) is 0 Å². The molecule has 1 N–H and O–H groups in total. The zero-order chi connectivity index (χ0) is 17.8. The molecule has 1 amide bonds. The number of hydrogen-bond acceptors (Lipinski definition) is 7. The summed E-state index contributed by atoms with van der Waals surface area (Å²) in [6, 6.07) is 10.7.